The number of alkyl halides is 2. The van der Waals surface area contributed by atoms with Crippen LogP contribution in [0.1, 0.15) is 65.2 Å². The number of carbonyl (C=O) groups excluding carboxylic acids is 2. The molecule has 0 N–H and O–H groups in total. The number of aliphatic carboxylic acids is 2. The molecule has 0 radical (unpaired) electrons. The average molecular weight is 334 g/mol. The zero-order chi connectivity index (χ0) is 16.0. The summed E-state index contributed by atoms with van der Waals surface area (Å²) in [6, 6.07) is 0. The SMILES string of the molecule is CCCCC(F)CC(=O)[O-].CCCCC(F)CC(=O)[O-].[Ca+2]. The van der Waals surface area contributed by atoms with Crippen LogP contribution in [0.3, 0.4) is 0 Å². The minimum Gasteiger partial charge on any atom is -0.550 e. The molecule has 0 aliphatic heterocycles. The second-order valence-corrected chi connectivity index (χ2v) is 4.63. The van der Waals surface area contributed by atoms with Gasteiger partial charge in [-0.2, -0.15) is 0 Å². The molecule has 0 aromatic carbocycles. The minimum atomic E-state index is -1.30. The van der Waals surface area contributed by atoms with Crippen molar-refractivity contribution in [1.29, 1.82) is 0 Å². The van der Waals surface area contributed by atoms with Crippen LogP contribution >= 0.6 is 0 Å². The maximum Gasteiger partial charge on any atom is 2.00 e. The predicted octanol–water partition coefficient (Wildman–Crippen LogP) is 0.929. The fourth-order valence-electron chi connectivity index (χ4n) is 1.42. The van der Waals surface area contributed by atoms with E-state index < -0.39 is 37.1 Å². The Morgan fingerprint density at radius 3 is 1.33 bits per heavy atom. The van der Waals surface area contributed by atoms with Crippen molar-refractivity contribution in [2.45, 2.75) is 77.6 Å². The first kappa shape index (κ1) is 26.0. The van der Waals surface area contributed by atoms with Gasteiger partial charge in [0, 0.05) is 24.8 Å². The summed E-state index contributed by atoms with van der Waals surface area (Å²) in [6.07, 6.45) is 0.605. The van der Waals surface area contributed by atoms with Crippen molar-refractivity contribution in [3.63, 3.8) is 0 Å². The summed E-state index contributed by atoms with van der Waals surface area (Å²) in [5.41, 5.74) is 0. The number of hydrogen-bond donors (Lipinski definition) is 0. The molecule has 2 atom stereocenters. The van der Waals surface area contributed by atoms with E-state index >= 15 is 0 Å². The number of hydrogen-bond acceptors (Lipinski definition) is 4. The summed E-state index contributed by atoms with van der Waals surface area (Å²) in [4.78, 5) is 19.6. The maximum atomic E-state index is 12.4. The molecule has 0 aromatic rings. The van der Waals surface area contributed by atoms with Crippen molar-refractivity contribution >= 4 is 49.7 Å². The second-order valence-electron chi connectivity index (χ2n) is 4.63. The van der Waals surface area contributed by atoms with Gasteiger partial charge in [-0.1, -0.05) is 39.5 Å². The van der Waals surface area contributed by atoms with Crippen LogP contribution < -0.4 is 10.2 Å². The van der Waals surface area contributed by atoms with Gasteiger partial charge in [-0.15, -0.1) is 0 Å². The Labute approximate surface area is 155 Å². The molecule has 0 saturated heterocycles. The Morgan fingerprint density at radius 2 is 1.14 bits per heavy atom. The number of unbranched alkanes of at least 4 members (excludes halogenated alkanes) is 2. The number of halogens is 2. The summed E-state index contributed by atoms with van der Waals surface area (Å²) in [5, 5.41) is 19.6. The van der Waals surface area contributed by atoms with Crippen LogP contribution in [-0.4, -0.2) is 62.0 Å². The van der Waals surface area contributed by atoms with Crippen LogP contribution in [0.5, 0.6) is 0 Å². The number of carboxylic acids is 2. The predicted molar refractivity (Wildman–Crippen MR) is 73.8 cm³/mol. The molecule has 7 heteroatoms. The molecular formula is C14H24CaF2O4. The number of carboxylic acid groups (broad SMARTS) is 2. The third kappa shape index (κ3) is 25.4. The van der Waals surface area contributed by atoms with E-state index in [1.807, 2.05) is 13.8 Å². The summed E-state index contributed by atoms with van der Waals surface area (Å²) < 4.78 is 24.8. The first-order chi connectivity index (χ1) is 9.33. The van der Waals surface area contributed by atoms with E-state index in [1.54, 1.807) is 0 Å². The Hall–Kier alpha value is 0.0597. The Kier molecular flexibility index (Phi) is 22.4. The standard InChI is InChI=1S/2C7H13FO2.Ca/c2*1-2-3-4-6(8)5-7(9)10;/h2*6H,2-5H2,1H3,(H,9,10);/q;;+2/p-2. The van der Waals surface area contributed by atoms with E-state index in [9.17, 15) is 28.6 Å². The molecule has 0 heterocycles. The molecule has 0 bridgehead atoms. The fraction of sp³-hybridized carbons (Fsp3) is 0.857. The molecular weight excluding hydrogens is 310 g/mol. The van der Waals surface area contributed by atoms with Gasteiger partial charge in [0.2, 0.25) is 0 Å². The molecule has 2 unspecified atom stereocenters. The van der Waals surface area contributed by atoms with Gasteiger partial charge in [0.25, 0.3) is 0 Å². The molecule has 0 aliphatic rings. The van der Waals surface area contributed by atoms with Crippen molar-refractivity contribution in [2.24, 2.45) is 0 Å². The molecule has 0 rings (SSSR count). The van der Waals surface area contributed by atoms with Gasteiger partial charge >= 0.3 is 37.7 Å². The Morgan fingerprint density at radius 1 is 0.857 bits per heavy atom. The van der Waals surface area contributed by atoms with E-state index in [0.717, 1.165) is 25.7 Å². The number of carbonyl (C=O) groups is 2. The molecule has 21 heavy (non-hydrogen) atoms. The van der Waals surface area contributed by atoms with Crippen LogP contribution in [0.15, 0.2) is 0 Å². The van der Waals surface area contributed by atoms with Crippen molar-refractivity contribution in [2.75, 3.05) is 0 Å². The van der Waals surface area contributed by atoms with Gasteiger partial charge < -0.3 is 19.8 Å². The van der Waals surface area contributed by atoms with Crippen LogP contribution in [0.4, 0.5) is 8.78 Å². The molecule has 4 nitrogen and oxygen atoms in total. The third-order valence-corrected chi connectivity index (χ3v) is 2.52. The first-order valence-electron chi connectivity index (χ1n) is 7.01. The van der Waals surface area contributed by atoms with Crippen LogP contribution in [-0.2, 0) is 9.59 Å². The third-order valence-electron chi connectivity index (χ3n) is 2.52. The van der Waals surface area contributed by atoms with Crippen molar-refractivity contribution < 1.29 is 28.6 Å². The van der Waals surface area contributed by atoms with Gasteiger partial charge in [0.05, 0.1) is 0 Å². The van der Waals surface area contributed by atoms with Crippen LogP contribution in [0.2, 0.25) is 0 Å². The normalized spacial score (nSPS) is 12.4. The fourth-order valence-corrected chi connectivity index (χ4v) is 1.42. The minimum absolute atomic E-state index is 0. The Balaban J connectivity index is -0.000000295. The van der Waals surface area contributed by atoms with E-state index in [-0.39, 0.29) is 37.7 Å². The van der Waals surface area contributed by atoms with Gasteiger partial charge in [0.15, 0.2) is 0 Å². The largest absolute Gasteiger partial charge is 2.00 e. The van der Waals surface area contributed by atoms with Crippen molar-refractivity contribution in [3.8, 4) is 0 Å². The summed E-state index contributed by atoms with van der Waals surface area (Å²) in [5.74, 6) is -2.60. The zero-order valence-corrected chi connectivity index (χ0v) is 15.1. The average Bonchev–Trinajstić information content (AvgIpc) is 2.33. The van der Waals surface area contributed by atoms with Gasteiger partial charge in [-0.3, -0.25) is 0 Å². The number of rotatable bonds is 10. The van der Waals surface area contributed by atoms with Crippen molar-refractivity contribution in [3.05, 3.63) is 0 Å². The smallest absolute Gasteiger partial charge is 0.550 e. The maximum absolute atomic E-state index is 12.4. The van der Waals surface area contributed by atoms with E-state index in [1.165, 1.54) is 0 Å². The van der Waals surface area contributed by atoms with Gasteiger partial charge in [0.1, 0.15) is 12.3 Å². The monoisotopic (exact) mass is 334 g/mol. The van der Waals surface area contributed by atoms with Gasteiger partial charge in [-0.25, -0.2) is 8.78 Å². The quantitative estimate of drug-likeness (QED) is 0.557. The van der Waals surface area contributed by atoms with Crippen molar-refractivity contribution in [1.82, 2.24) is 0 Å². The molecule has 120 valence electrons. The molecule has 0 saturated carbocycles. The van der Waals surface area contributed by atoms with E-state index in [2.05, 4.69) is 0 Å². The second kappa shape index (κ2) is 18.1. The molecule has 0 aromatic heterocycles. The van der Waals surface area contributed by atoms with Gasteiger partial charge in [-0.05, 0) is 12.8 Å². The van der Waals surface area contributed by atoms with Crippen LogP contribution in [0.25, 0.3) is 0 Å². The first-order valence-corrected chi connectivity index (χ1v) is 7.01. The summed E-state index contributed by atoms with van der Waals surface area (Å²) >= 11 is 0. The van der Waals surface area contributed by atoms with Crippen LogP contribution in [0, 0.1) is 0 Å². The van der Waals surface area contributed by atoms with E-state index in [4.69, 9.17) is 0 Å². The topological polar surface area (TPSA) is 80.3 Å². The zero-order valence-electron chi connectivity index (χ0n) is 12.9. The molecule has 0 fully saturated rings. The molecule has 0 amide bonds. The molecule has 0 aliphatic carbocycles. The molecule has 0 spiro atoms. The Bertz CT molecular complexity index is 239. The van der Waals surface area contributed by atoms with E-state index in [0.29, 0.717) is 12.8 Å². The summed E-state index contributed by atoms with van der Waals surface area (Å²) in [6.45, 7) is 3.87. The summed E-state index contributed by atoms with van der Waals surface area (Å²) in [7, 11) is 0.